The van der Waals surface area contributed by atoms with Gasteiger partial charge in [0.15, 0.2) is 15.6 Å². The molecule has 0 saturated carbocycles. The summed E-state index contributed by atoms with van der Waals surface area (Å²) in [5, 5.41) is 2.99. The van der Waals surface area contributed by atoms with Crippen molar-refractivity contribution in [3.8, 4) is 0 Å². The Morgan fingerprint density at radius 2 is 1.57 bits per heavy atom. The maximum atomic E-state index is 12.2. The lowest BCUT2D eigenvalue weighted by atomic mass is 10.1. The minimum Gasteiger partial charge on any atom is -0.326 e. The highest BCUT2D eigenvalue weighted by Gasteiger charge is 2.20. The molecule has 0 aromatic heterocycles. The van der Waals surface area contributed by atoms with E-state index in [9.17, 15) is 18.0 Å². The molecule has 0 heterocycles. The molecule has 7 heteroatoms. The highest BCUT2D eigenvalue weighted by atomic mass is 35.5. The Balaban J connectivity index is 2.14. The molecule has 2 aromatic carbocycles. The number of carbonyl (C=O) groups excluding carboxylic acids is 2. The summed E-state index contributed by atoms with van der Waals surface area (Å²) in [6.45, 7) is 1.37. The molecule has 0 aliphatic rings. The van der Waals surface area contributed by atoms with Crippen LogP contribution in [0.25, 0.3) is 0 Å². The maximum absolute atomic E-state index is 12.2. The molecule has 0 aliphatic heterocycles. The zero-order valence-electron chi connectivity index (χ0n) is 12.2. The molecule has 120 valence electrons. The quantitative estimate of drug-likeness (QED) is 0.840. The van der Waals surface area contributed by atoms with Gasteiger partial charge in [0.05, 0.1) is 4.90 Å². The van der Waals surface area contributed by atoms with E-state index in [0.717, 1.165) is 0 Å². The van der Waals surface area contributed by atoms with Crippen molar-refractivity contribution in [3.63, 3.8) is 0 Å². The van der Waals surface area contributed by atoms with Crippen LogP contribution in [0.2, 0.25) is 5.02 Å². The molecule has 0 radical (unpaired) electrons. The van der Waals surface area contributed by atoms with Crippen LogP contribution in [0.3, 0.4) is 0 Å². The van der Waals surface area contributed by atoms with Gasteiger partial charge in [-0.1, -0.05) is 11.6 Å². The molecule has 0 saturated heterocycles. The number of Topliss-reactive ketones (excluding diaryl/α,β-unsaturated/α-hetero) is 1. The first-order chi connectivity index (χ1) is 10.8. The summed E-state index contributed by atoms with van der Waals surface area (Å²) < 4.78 is 24.4. The van der Waals surface area contributed by atoms with Crippen LogP contribution in [-0.4, -0.2) is 25.9 Å². The first-order valence-electron chi connectivity index (χ1n) is 6.67. The Kier molecular flexibility index (Phi) is 5.18. The lowest BCUT2D eigenvalue weighted by molar-refractivity contribution is -0.114. The van der Waals surface area contributed by atoms with E-state index < -0.39 is 21.4 Å². The van der Waals surface area contributed by atoms with Crippen LogP contribution < -0.4 is 5.32 Å². The minimum atomic E-state index is -3.73. The minimum absolute atomic E-state index is 0.0464. The highest BCUT2D eigenvalue weighted by Crippen LogP contribution is 2.17. The second-order valence-corrected chi connectivity index (χ2v) is 7.32. The van der Waals surface area contributed by atoms with Gasteiger partial charge in [0.1, 0.15) is 5.75 Å². The molecular weight excluding hydrogens is 338 g/mol. The molecule has 1 N–H and O–H groups in total. The van der Waals surface area contributed by atoms with Crippen LogP contribution in [0, 0.1) is 0 Å². The number of carbonyl (C=O) groups is 2. The highest BCUT2D eigenvalue weighted by molar-refractivity contribution is 7.92. The molecule has 0 unspecified atom stereocenters. The Labute approximate surface area is 139 Å². The van der Waals surface area contributed by atoms with Crippen molar-refractivity contribution in [1.82, 2.24) is 0 Å². The van der Waals surface area contributed by atoms with E-state index in [4.69, 9.17) is 11.6 Å². The van der Waals surface area contributed by atoms with Gasteiger partial charge in [0.25, 0.3) is 0 Å². The van der Waals surface area contributed by atoms with Crippen molar-refractivity contribution >= 4 is 38.8 Å². The Hall–Kier alpha value is -2.18. The van der Waals surface area contributed by atoms with E-state index in [1.165, 1.54) is 43.3 Å². The fourth-order valence-corrected chi connectivity index (χ4v) is 3.28. The average Bonchev–Trinajstić information content (AvgIpc) is 2.47. The summed E-state index contributed by atoms with van der Waals surface area (Å²) in [4.78, 5) is 23.1. The standard InChI is InChI=1S/C16H14ClNO4S/c1-11(19)18-14-6-2-12(3-7-14)16(20)10-23(21,22)15-8-4-13(17)5-9-15/h2-9H,10H2,1H3,(H,18,19). The number of anilines is 1. The number of nitrogens with one attached hydrogen (secondary N) is 1. The predicted molar refractivity (Wildman–Crippen MR) is 88.6 cm³/mol. The molecule has 0 fully saturated rings. The van der Waals surface area contributed by atoms with Crippen LogP contribution >= 0.6 is 11.6 Å². The number of hydrogen-bond donors (Lipinski definition) is 1. The van der Waals surface area contributed by atoms with Crippen LogP contribution in [0.4, 0.5) is 5.69 Å². The van der Waals surface area contributed by atoms with Gasteiger partial charge >= 0.3 is 0 Å². The second-order valence-electron chi connectivity index (χ2n) is 4.89. The van der Waals surface area contributed by atoms with Gasteiger partial charge in [-0.25, -0.2) is 8.42 Å². The van der Waals surface area contributed by atoms with Crippen molar-refractivity contribution in [3.05, 3.63) is 59.1 Å². The van der Waals surface area contributed by atoms with E-state index in [2.05, 4.69) is 5.32 Å². The zero-order chi connectivity index (χ0) is 17.0. The smallest absolute Gasteiger partial charge is 0.221 e. The third-order valence-corrected chi connectivity index (χ3v) is 4.91. The number of sulfone groups is 1. The van der Waals surface area contributed by atoms with Gasteiger partial charge in [-0.3, -0.25) is 9.59 Å². The molecule has 2 rings (SSSR count). The number of benzene rings is 2. The first kappa shape index (κ1) is 17.2. The normalized spacial score (nSPS) is 11.0. The molecule has 0 aliphatic carbocycles. The fraction of sp³-hybridized carbons (Fsp3) is 0.125. The molecule has 2 aromatic rings. The predicted octanol–water partition coefficient (Wildman–Crippen LogP) is 2.96. The topological polar surface area (TPSA) is 80.3 Å². The van der Waals surface area contributed by atoms with Gasteiger partial charge in [-0.15, -0.1) is 0 Å². The summed E-state index contributed by atoms with van der Waals surface area (Å²) >= 11 is 5.72. The number of ketones is 1. The number of amides is 1. The summed E-state index contributed by atoms with van der Waals surface area (Å²) in [5.74, 6) is -1.38. The lowest BCUT2D eigenvalue weighted by Gasteiger charge is -2.06. The summed E-state index contributed by atoms with van der Waals surface area (Å²) in [6, 6.07) is 11.7. The van der Waals surface area contributed by atoms with E-state index in [0.29, 0.717) is 10.7 Å². The van der Waals surface area contributed by atoms with Gasteiger partial charge in [0.2, 0.25) is 5.91 Å². The van der Waals surface area contributed by atoms with Crippen molar-refractivity contribution in [1.29, 1.82) is 0 Å². The third-order valence-electron chi connectivity index (χ3n) is 3.02. The molecular formula is C16H14ClNO4S. The van der Waals surface area contributed by atoms with E-state index in [1.807, 2.05) is 0 Å². The van der Waals surface area contributed by atoms with E-state index in [1.54, 1.807) is 12.1 Å². The van der Waals surface area contributed by atoms with Crippen LogP contribution in [0.5, 0.6) is 0 Å². The lowest BCUT2D eigenvalue weighted by Crippen LogP contribution is -2.16. The molecule has 0 atom stereocenters. The number of hydrogen-bond acceptors (Lipinski definition) is 4. The number of halogens is 1. The van der Waals surface area contributed by atoms with Crippen LogP contribution in [-0.2, 0) is 14.6 Å². The molecule has 23 heavy (non-hydrogen) atoms. The van der Waals surface area contributed by atoms with Gasteiger partial charge < -0.3 is 5.32 Å². The largest absolute Gasteiger partial charge is 0.326 e. The number of rotatable bonds is 5. The summed E-state index contributed by atoms with van der Waals surface area (Å²) in [7, 11) is -3.73. The third kappa shape index (κ3) is 4.64. The van der Waals surface area contributed by atoms with Crippen molar-refractivity contribution in [2.75, 3.05) is 11.1 Å². The first-order valence-corrected chi connectivity index (χ1v) is 8.70. The van der Waals surface area contributed by atoms with Gasteiger partial charge in [-0.05, 0) is 48.5 Å². The Morgan fingerprint density at radius 3 is 2.09 bits per heavy atom. The molecule has 0 bridgehead atoms. The zero-order valence-corrected chi connectivity index (χ0v) is 13.8. The molecule has 5 nitrogen and oxygen atoms in total. The van der Waals surface area contributed by atoms with Crippen molar-refractivity contribution in [2.45, 2.75) is 11.8 Å². The van der Waals surface area contributed by atoms with Crippen LogP contribution in [0.1, 0.15) is 17.3 Å². The SMILES string of the molecule is CC(=O)Nc1ccc(C(=O)CS(=O)(=O)c2ccc(Cl)cc2)cc1. The monoisotopic (exact) mass is 351 g/mol. The fourth-order valence-electron chi connectivity index (χ4n) is 1.92. The van der Waals surface area contributed by atoms with Gasteiger partial charge in [0, 0.05) is 23.2 Å². The summed E-state index contributed by atoms with van der Waals surface area (Å²) in [5.41, 5.74) is 0.797. The van der Waals surface area contributed by atoms with Crippen LogP contribution in [0.15, 0.2) is 53.4 Å². The summed E-state index contributed by atoms with van der Waals surface area (Å²) in [6.07, 6.45) is 0. The van der Waals surface area contributed by atoms with Crippen molar-refractivity contribution in [2.24, 2.45) is 0 Å². The second kappa shape index (κ2) is 6.93. The van der Waals surface area contributed by atoms with E-state index >= 15 is 0 Å². The van der Waals surface area contributed by atoms with E-state index in [-0.39, 0.29) is 16.4 Å². The Morgan fingerprint density at radius 1 is 1.00 bits per heavy atom. The Bertz CT molecular complexity index is 827. The molecule has 0 spiro atoms. The average molecular weight is 352 g/mol. The maximum Gasteiger partial charge on any atom is 0.221 e. The van der Waals surface area contributed by atoms with Gasteiger partial charge in [-0.2, -0.15) is 0 Å². The molecule has 1 amide bonds. The van der Waals surface area contributed by atoms with Crippen molar-refractivity contribution < 1.29 is 18.0 Å².